The Labute approximate surface area is 136 Å². The summed E-state index contributed by atoms with van der Waals surface area (Å²) in [7, 11) is 3.30. The Kier molecular flexibility index (Phi) is 6.75. The van der Waals surface area contributed by atoms with Gasteiger partial charge in [-0.05, 0) is 44.9 Å². The van der Waals surface area contributed by atoms with E-state index in [-0.39, 0.29) is 5.54 Å². The first kappa shape index (κ1) is 18.1. The summed E-state index contributed by atoms with van der Waals surface area (Å²) in [6, 6.07) is 3.94. The average Bonchev–Trinajstić information content (AvgIpc) is 2.43. The van der Waals surface area contributed by atoms with Gasteiger partial charge in [0.05, 0.1) is 14.2 Å². The van der Waals surface area contributed by atoms with E-state index < -0.39 is 0 Å². The highest BCUT2D eigenvalue weighted by atomic mass is 79.9. The van der Waals surface area contributed by atoms with Crippen LogP contribution in [0.5, 0.6) is 11.5 Å². The highest BCUT2D eigenvalue weighted by Crippen LogP contribution is 2.34. The molecule has 0 saturated heterocycles. The van der Waals surface area contributed by atoms with Gasteiger partial charge in [0, 0.05) is 16.6 Å². The van der Waals surface area contributed by atoms with Crippen molar-refractivity contribution >= 4 is 22.0 Å². The van der Waals surface area contributed by atoms with Gasteiger partial charge in [-0.3, -0.25) is 0 Å². The number of halogens is 1. The van der Waals surface area contributed by atoms with Gasteiger partial charge in [0.2, 0.25) is 0 Å². The first-order chi connectivity index (χ1) is 9.80. The van der Waals surface area contributed by atoms with Gasteiger partial charge in [-0.25, -0.2) is 0 Å². The Hall–Kier alpha value is -1.00. The van der Waals surface area contributed by atoms with E-state index in [9.17, 15) is 0 Å². The van der Waals surface area contributed by atoms with E-state index in [0.717, 1.165) is 34.5 Å². The normalized spacial score (nSPS) is 12.4. The topological polar surface area (TPSA) is 30.5 Å². The Morgan fingerprint density at radius 2 is 1.76 bits per heavy atom. The van der Waals surface area contributed by atoms with Crippen LogP contribution in [-0.2, 0) is 0 Å². The van der Waals surface area contributed by atoms with Crippen molar-refractivity contribution in [1.82, 2.24) is 5.32 Å². The zero-order valence-electron chi connectivity index (χ0n) is 13.8. The Bertz CT molecular complexity index is 504. The largest absolute Gasteiger partial charge is 0.493 e. The standard InChI is InChI=1S/C17H26BrNO2/c1-7-12(11-19-17(2,3)4)8-13-9-15(20-5)16(21-6)10-14(13)18/h8-10,19H,7,11H2,1-6H3. The third-order valence-electron chi connectivity index (χ3n) is 3.16. The molecule has 1 aromatic rings. The second-order valence-electron chi connectivity index (χ2n) is 5.99. The molecule has 0 unspecified atom stereocenters. The molecule has 1 N–H and O–H groups in total. The summed E-state index contributed by atoms with van der Waals surface area (Å²) < 4.78 is 11.7. The molecule has 0 saturated carbocycles. The van der Waals surface area contributed by atoms with Crippen LogP contribution in [0, 0.1) is 0 Å². The molecule has 0 atom stereocenters. The van der Waals surface area contributed by atoms with E-state index in [1.54, 1.807) is 14.2 Å². The van der Waals surface area contributed by atoms with Gasteiger partial charge in [0.1, 0.15) is 0 Å². The molecule has 3 nitrogen and oxygen atoms in total. The summed E-state index contributed by atoms with van der Waals surface area (Å²) in [5.41, 5.74) is 2.56. The number of hydrogen-bond donors (Lipinski definition) is 1. The molecule has 0 fully saturated rings. The van der Waals surface area contributed by atoms with Crippen molar-refractivity contribution in [1.29, 1.82) is 0 Å². The lowest BCUT2D eigenvalue weighted by Gasteiger charge is -2.21. The van der Waals surface area contributed by atoms with Gasteiger partial charge in [0.15, 0.2) is 11.5 Å². The fraction of sp³-hybridized carbons (Fsp3) is 0.529. The Morgan fingerprint density at radius 3 is 2.24 bits per heavy atom. The van der Waals surface area contributed by atoms with E-state index in [1.165, 1.54) is 5.57 Å². The van der Waals surface area contributed by atoms with Crippen LogP contribution < -0.4 is 14.8 Å². The smallest absolute Gasteiger partial charge is 0.161 e. The van der Waals surface area contributed by atoms with Crippen molar-refractivity contribution in [2.45, 2.75) is 39.7 Å². The highest BCUT2D eigenvalue weighted by molar-refractivity contribution is 9.10. The van der Waals surface area contributed by atoms with Crippen molar-refractivity contribution in [2.24, 2.45) is 0 Å². The number of nitrogens with one attached hydrogen (secondary N) is 1. The molecule has 118 valence electrons. The lowest BCUT2D eigenvalue weighted by molar-refractivity contribution is 0.354. The molecule has 0 spiro atoms. The van der Waals surface area contributed by atoms with Crippen LogP contribution >= 0.6 is 15.9 Å². The molecule has 0 radical (unpaired) electrons. The molecule has 1 aromatic carbocycles. The van der Waals surface area contributed by atoms with E-state index in [2.05, 4.69) is 55.0 Å². The zero-order valence-corrected chi connectivity index (χ0v) is 15.4. The van der Waals surface area contributed by atoms with Crippen molar-refractivity contribution < 1.29 is 9.47 Å². The second kappa shape index (κ2) is 7.85. The molecule has 1 rings (SSSR count). The highest BCUT2D eigenvalue weighted by Gasteiger charge is 2.11. The number of hydrogen-bond acceptors (Lipinski definition) is 3. The zero-order chi connectivity index (χ0) is 16.0. The van der Waals surface area contributed by atoms with Crippen LogP contribution in [0.25, 0.3) is 6.08 Å². The lowest BCUT2D eigenvalue weighted by atomic mass is 10.1. The predicted molar refractivity (Wildman–Crippen MR) is 93.3 cm³/mol. The third kappa shape index (κ3) is 5.71. The maximum absolute atomic E-state index is 5.37. The van der Waals surface area contributed by atoms with Crippen molar-refractivity contribution in [3.05, 3.63) is 27.7 Å². The SMILES string of the molecule is CCC(=Cc1cc(OC)c(OC)cc1Br)CNC(C)(C)C. The average molecular weight is 356 g/mol. The van der Waals surface area contributed by atoms with Crippen LogP contribution in [0.15, 0.2) is 22.2 Å². The van der Waals surface area contributed by atoms with Gasteiger partial charge in [-0.2, -0.15) is 0 Å². The minimum absolute atomic E-state index is 0.114. The molecule has 0 bridgehead atoms. The molecule has 0 aliphatic rings. The molecule has 0 aliphatic heterocycles. The lowest BCUT2D eigenvalue weighted by Crippen LogP contribution is -2.36. The Balaban J connectivity index is 3.05. The molecule has 0 aromatic heterocycles. The van der Waals surface area contributed by atoms with E-state index >= 15 is 0 Å². The molecule has 0 amide bonds. The monoisotopic (exact) mass is 355 g/mol. The summed E-state index contributed by atoms with van der Waals surface area (Å²) in [5, 5.41) is 3.52. The number of rotatable bonds is 6. The van der Waals surface area contributed by atoms with Gasteiger partial charge in [-0.15, -0.1) is 0 Å². The first-order valence-electron chi connectivity index (χ1n) is 7.16. The maximum Gasteiger partial charge on any atom is 0.161 e. The summed E-state index contributed by atoms with van der Waals surface area (Å²) in [6.45, 7) is 9.57. The number of benzene rings is 1. The quantitative estimate of drug-likeness (QED) is 0.805. The van der Waals surface area contributed by atoms with Crippen LogP contribution in [0.2, 0.25) is 0 Å². The molecule has 0 aliphatic carbocycles. The van der Waals surface area contributed by atoms with Crippen LogP contribution in [0.1, 0.15) is 39.7 Å². The third-order valence-corrected chi connectivity index (χ3v) is 3.85. The number of ether oxygens (including phenoxy) is 2. The molecular weight excluding hydrogens is 330 g/mol. The molecular formula is C17H26BrNO2. The van der Waals surface area contributed by atoms with Crippen LogP contribution in [0.4, 0.5) is 0 Å². The summed E-state index contributed by atoms with van der Waals surface area (Å²) >= 11 is 3.60. The minimum Gasteiger partial charge on any atom is -0.493 e. The van der Waals surface area contributed by atoms with Crippen molar-refractivity contribution in [3.63, 3.8) is 0 Å². The van der Waals surface area contributed by atoms with Gasteiger partial charge in [-0.1, -0.05) is 34.5 Å². The second-order valence-corrected chi connectivity index (χ2v) is 6.84. The van der Waals surface area contributed by atoms with E-state index in [1.807, 2.05) is 12.1 Å². The van der Waals surface area contributed by atoms with Crippen molar-refractivity contribution in [2.75, 3.05) is 20.8 Å². The van der Waals surface area contributed by atoms with Gasteiger partial charge in [0.25, 0.3) is 0 Å². The molecule has 21 heavy (non-hydrogen) atoms. The van der Waals surface area contributed by atoms with Crippen LogP contribution in [0.3, 0.4) is 0 Å². The summed E-state index contributed by atoms with van der Waals surface area (Å²) in [4.78, 5) is 0. The van der Waals surface area contributed by atoms with E-state index in [0.29, 0.717) is 0 Å². The maximum atomic E-state index is 5.37. The first-order valence-corrected chi connectivity index (χ1v) is 7.96. The molecule has 4 heteroatoms. The summed E-state index contributed by atoms with van der Waals surface area (Å²) in [5.74, 6) is 1.47. The Morgan fingerprint density at radius 1 is 1.19 bits per heavy atom. The fourth-order valence-corrected chi connectivity index (χ4v) is 2.29. The fourth-order valence-electron chi connectivity index (χ4n) is 1.86. The predicted octanol–water partition coefficient (Wildman–Crippen LogP) is 4.65. The van der Waals surface area contributed by atoms with E-state index in [4.69, 9.17) is 9.47 Å². The molecule has 0 heterocycles. The van der Waals surface area contributed by atoms with Gasteiger partial charge < -0.3 is 14.8 Å². The summed E-state index contributed by atoms with van der Waals surface area (Å²) in [6.07, 6.45) is 3.20. The van der Waals surface area contributed by atoms with Crippen LogP contribution in [-0.4, -0.2) is 26.3 Å². The van der Waals surface area contributed by atoms with Gasteiger partial charge >= 0.3 is 0 Å². The van der Waals surface area contributed by atoms with Crippen molar-refractivity contribution in [3.8, 4) is 11.5 Å². The number of methoxy groups -OCH3 is 2. The minimum atomic E-state index is 0.114.